The Labute approximate surface area is 57.6 Å². The zero-order valence-corrected chi connectivity index (χ0v) is 6.27. The first-order valence-electron chi connectivity index (χ1n) is 4.40. The topological polar surface area (TPSA) is 0 Å². The molecule has 2 unspecified atom stereocenters. The van der Waals surface area contributed by atoms with Gasteiger partial charge in [0, 0.05) is 0 Å². The molecule has 0 spiro atoms. The van der Waals surface area contributed by atoms with Gasteiger partial charge < -0.3 is 0 Å². The zero-order chi connectivity index (χ0) is 6.27. The van der Waals surface area contributed by atoms with Crippen molar-refractivity contribution in [1.82, 2.24) is 0 Å². The Hall–Kier alpha value is 0. The molecule has 0 saturated heterocycles. The average Bonchev–Trinajstić information content (AvgIpc) is 2.64. The Morgan fingerprint density at radius 2 is 2.00 bits per heavy atom. The molecule has 9 heavy (non-hydrogen) atoms. The second kappa shape index (κ2) is 2.00. The normalized spacial score (nSPS) is 48.3. The van der Waals surface area contributed by atoms with Crippen molar-refractivity contribution in [3.63, 3.8) is 0 Å². The van der Waals surface area contributed by atoms with E-state index in [1.165, 1.54) is 24.7 Å². The van der Waals surface area contributed by atoms with Crippen molar-refractivity contribution < 1.29 is 0 Å². The third-order valence-corrected chi connectivity index (χ3v) is 3.23. The molecule has 0 amide bonds. The van der Waals surface area contributed by atoms with Gasteiger partial charge in [0.05, 0.1) is 0 Å². The van der Waals surface area contributed by atoms with E-state index in [9.17, 15) is 0 Å². The van der Waals surface area contributed by atoms with Gasteiger partial charge in [0.15, 0.2) is 0 Å². The molecular formula is C9H16. The highest BCUT2D eigenvalue weighted by atomic mass is 14.5. The molecule has 0 aliphatic heterocycles. The molecule has 0 heterocycles. The molecule has 2 saturated carbocycles. The first kappa shape index (κ1) is 5.76. The van der Waals surface area contributed by atoms with E-state index in [0.29, 0.717) is 0 Å². The van der Waals surface area contributed by atoms with E-state index in [2.05, 4.69) is 6.92 Å². The van der Waals surface area contributed by atoms with E-state index in [4.69, 9.17) is 0 Å². The minimum Gasteiger partial charge on any atom is -0.0651 e. The maximum atomic E-state index is 2.34. The fraction of sp³-hybridized carbons (Fsp3) is 1.00. The minimum absolute atomic E-state index is 1.11. The van der Waals surface area contributed by atoms with Crippen LogP contribution in [-0.2, 0) is 0 Å². The van der Waals surface area contributed by atoms with Gasteiger partial charge in [-0.25, -0.2) is 0 Å². The third-order valence-electron chi connectivity index (χ3n) is 3.23. The van der Waals surface area contributed by atoms with Gasteiger partial charge in [0.25, 0.3) is 0 Å². The van der Waals surface area contributed by atoms with Crippen LogP contribution in [0, 0.1) is 17.8 Å². The fourth-order valence-corrected chi connectivity index (χ4v) is 2.32. The molecule has 2 rings (SSSR count). The van der Waals surface area contributed by atoms with Crippen LogP contribution in [0.1, 0.15) is 39.0 Å². The molecule has 52 valence electrons. The van der Waals surface area contributed by atoms with Gasteiger partial charge in [-0.15, -0.1) is 0 Å². The van der Waals surface area contributed by atoms with E-state index >= 15 is 0 Å². The van der Waals surface area contributed by atoms with E-state index in [-0.39, 0.29) is 0 Å². The van der Waals surface area contributed by atoms with Gasteiger partial charge in [-0.2, -0.15) is 0 Å². The van der Waals surface area contributed by atoms with Crippen molar-refractivity contribution in [3.05, 3.63) is 0 Å². The van der Waals surface area contributed by atoms with Crippen LogP contribution >= 0.6 is 0 Å². The molecule has 2 aliphatic carbocycles. The lowest BCUT2D eigenvalue weighted by molar-refractivity contribution is 0.335. The molecule has 0 aromatic carbocycles. The van der Waals surface area contributed by atoms with Crippen LogP contribution in [-0.4, -0.2) is 0 Å². The second-order valence-electron chi connectivity index (χ2n) is 3.84. The first-order chi connectivity index (χ1) is 4.40. The third kappa shape index (κ3) is 0.997. The zero-order valence-electron chi connectivity index (χ0n) is 6.27. The van der Waals surface area contributed by atoms with E-state index in [0.717, 1.165) is 5.92 Å². The summed E-state index contributed by atoms with van der Waals surface area (Å²) in [7, 11) is 0. The summed E-state index contributed by atoms with van der Waals surface area (Å²) in [5.41, 5.74) is 0. The van der Waals surface area contributed by atoms with E-state index in [1.54, 1.807) is 19.3 Å². The van der Waals surface area contributed by atoms with Crippen LogP contribution in [0.4, 0.5) is 0 Å². The SMILES string of the molecule is CCC1CC[C@@H]2CC2C1. The lowest BCUT2D eigenvalue weighted by Gasteiger charge is -2.18. The predicted molar refractivity (Wildman–Crippen MR) is 39.2 cm³/mol. The van der Waals surface area contributed by atoms with Crippen molar-refractivity contribution in [2.24, 2.45) is 17.8 Å². The molecule has 3 atom stereocenters. The summed E-state index contributed by atoms with van der Waals surface area (Å²) in [6.07, 6.45) is 7.68. The van der Waals surface area contributed by atoms with Crippen LogP contribution in [0.15, 0.2) is 0 Å². The van der Waals surface area contributed by atoms with Crippen molar-refractivity contribution in [3.8, 4) is 0 Å². The quantitative estimate of drug-likeness (QED) is 0.504. The molecule has 2 fully saturated rings. The van der Waals surface area contributed by atoms with Gasteiger partial charge in [-0.05, 0) is 37.0 Å². The molecule has 0 radical (unpaired) electrons. The van der Waals surface area contributed by atoms with Crippen molar-refractivity contribution in [2.75, 3.05) is 0 Å². The molecule has 0 bridgehead atoms. The van der Waals surface area contributed by atoms with Crippen LogP contribution in [0.3, 0.4) is 0 Å². The van der Waals surface area contributed by atoms with Crippen LogP contribution in [0.5, 0.6) is 0 Å². The largest absolute Gasteiger partial charge is 0.0651 e. The van der Waals surface area contributed by atoms with Crippen LogP contribution < -0.4 is 0 Å². The monoisotopic (exact) mass is 124 g/mol. The lowest BCUT2D eigenvalue weighted by atomic mass is 9.88. The van der Waals surface area contributed by atoms with Crippen LogP contribution in [0.25, 0.3) is 0 Å². The summed E-state index contributed by atoms with van der Waals surface area (Å²) in [5.74, 6) is 3.48. The molecular weight excluding hydrogens is 108 g/mol. The van der Waals surface area contributed by atoms with E-state index < -0.39 is 0 Å². The summed E-state index contributed by atoms with van der Waals surface area (Å²) < 4.78 is 0. The lowest BCUT2D eigenvalue weighted by Crippen LogP contribution is -2.06. The summed E-state index contributed by atoms with van der Waals surface area (Å²) in [6, 6.07) is 0. The standard InChI is InChI=1S/C9H16/c1-2-7-3-4-8-6-9(8)5-7/h7-9H,2-6H2,1H3/t7?,8-,9?/m1/s1. The number of hydrogen-bond donors (Lipinski definition) is 0. The predicted octanol–water partition coefficient (Wildman–Crippen LogP) is 2.83. The summed E-state index contributed by atoms with van der Waals surface area (Å²) in [4.78, 5) is 0. The Morgan fingerprint density at radius 3 is 2.67 bits per heavy atom. The minimum atomic E-state index is 1.11. The summed E-state index contributed by atoms with van der Waals surface area (Å²) in [6.45, 7) is 2.34. The molecule has 0 N–H and O–H groups in total. The Morgan fingerprint density at radius 1 is 1.11 bits per heavy atom. The van der Waals surface area contributed by atoms with Gasteiger partial charge >= 0.3 is 0 Å². The van der Waals surface area contributed by atoms with Gasteiger partial charge in [-0.3, -0.25) is 0 Å². The molecule has 0 aromatic heterocycles. The Balaban J connectivity index is 1.86. The van der Waals surface area contributed by atoms with Crippen molar-refractivity contribution in [2.45, 2.75) is 39.0 Å². The highest BCUT2D eigenvalue weighted by molar-refractivity contribution is 4.91. The number of hydrogen-bond acceptors (Lipinski definition) is 0. The van der Waals surface area contributed by atoms with Crippen LogP contribution in [0.2, 0.25) is 0 Å². The second-order valence-corrected chi connectivity index (χ2v) is 3.84. The van der Waals surface area contributed by atoms with Crippen molar-refractivity contribution >= 4 is 0 Å². The molecule has 0 heteroatoms. The van der Waals surface area contributed by atoms with Gasteiger partial charge in [0.1, 0.15) is 0 Å². The first-order valence-corrected chi connectivity index (χ1v) is 4.40. The van der Waals surface area contributed by atoms with E-state index in [1.807, 2.05) is 0 Å². The molecule has 0 aromatic rings. The maximum absolute atomic E-state index is 2.34. The Bertz CT molecular complexity index is 107. The highest BCUT2D eigenvalue weighted by Crippen LogP contribution is 2.51. The highest BCUT2D eigenvalue weighted by Gasteiger charge is 2.41. The maximum Gasteiger partial charge on any atom is -0.0380 e. The summed E-state index contributed by atoms with van der Waals surface area (Å²) in [5, 5.41) is 0. The van der Waals surface area contributed by atoms with Gasteiger partial charge in [0.2, 0.25) is 0 Å². The number of fused-ring (bicyclic) bond motifs is 1. The van der Waals surface area contributed by atoms with Gasteiger partial charge in [-0.1, -0.05) is 19.8 Å². The summed E-state index contributed by atoms with van der Waals surface area (Å²) >= 11 is 0. The van der Waals surface area contributed by atoms with Crippen molar-refractivity contribution in [1.29, 1.82) is 0 Å². The molecule has 0 nitrogen and oxygen atoms in total. The Kier molecular flexibility index (Phi) is 1.28. The fourth-order valence-electron chi connectivity index (χ4n) is 2.32. The average molecular weight is 124 g/mol. The smallest absolute Gasteiger partial charge is 0.0380 e. The molecule has 2 aliphatic rings. The number of rotatable bonds is 1.